The average molecular weight is 1340 g/mol. The van der Waals surface area contributed by atoms with Crippen LogP contribution in [0, 0.1) is 50.2 Å². The van der Waals surface area contributed by atoms with Gasteiger partial charge in [-0.2, -0.15) is 0 Å². The number of aliphatic hydroxyl groups excluding tert-OH is 16. The Balaban J connectivity index is 0.831. The zero-order chi connectivity index (χ0) is 67.8. The van der Waals surface area contributed by atoms with Gasteiger partial charge in [-0.05, 0) is 111 Å². The van der Waals surface area contributed by atoms with Crippen molar-refractivity contribution in [1.82, 2.24) is 0 Å². The number of esters is 1. The van der Waals surface area contributed by atoms with Crippen LogP contribution in [0.4, 0.5) is 0 Å². The zero-order valence-electron chi connectivity index (χ0n) is 53.9. The molecule has 17 N–H and O–H groups in total. The Kier molecular flexibility index (Phi) is 20.7. The van der Waals surface area contributed by atoms with Crippen molar-refractivity contribution >= 4 is 5.97 Å². The fraction of sp³-hybridized carbons (Fsp3) is 0.952. The van der Waals surface area contributed by atoms with Crippen LogP contribution in [-0.4, -0.2) is 304 Å². The van der Waals surface area contributed by atoms with E-state index in [1.54, 1.807) is 0 Å². The van der Waals surface area contributed by atoms with Gasteiger partial charge in [0.15, 0.2) is 37.6 Å². The number of fused-ring (bicyclic) bond motifs is 7. The third kappa shape index (κ3) is 12.1. The molecule has 5 aliphatic carbocycles. The van der Waals surface area contributed by atoms with Crippen LogP contribution in [0.25, 0.3) is 0 Å². The number of ether oxygens (including phenoxy) is 12. The van der Waals surface area contributed by atoms with E-state index in [9.17, 15) is 86.8 Å². The number of hydrogen-bond acceptors (Lipinski definition) is 30. The fourth-order valence-electron chi connectivity index (χ4n) is 18.7. The lowest BCUT2D eigenvalue weighted by Gasteiger charge is -2.72. The lowest BCUT2D eigenvalue weighted by Crippen LogP contribution is -2.69. The van der Waals surface area contributed by atoms with Gasteiger partial charge in [0.25, 0.3) is 0 Å². The van der Waals surface area contributed by atoms with Crippen molar-refractivity contribution in [3.63, 3.8) is 0 Å². The van der Waals surface area contributed by atoms with E-state index in [0.29, 0.717) is 51.4 Å². The smallest absolute Gasteiger partial charge is 0.315 e. The Bertz CT molecular complexity index is 2640. The first kappa shape index (κ1) is 72.3. The van der Waals surface area contributed by atoms with Crippen LogP contribution in [0.15, 0.2) is 11.6 Å². The maximum Gasteiger partial charge on any atom is 0.315 e. The predicted molar refractivity (Wildman–Crippen MR) is 310 cm³/mol. The molecule has 6 heterocycles. The molecule has 0 aromatic rings. The summed E-state index contributed by atoms with van der Waals surface area (Å²) in [5, 5.41) is 187. The van der Waals surface area contributed by atoms with Gasteiger partial charge in [-0.1, -0.05) is 53.2 Å². The van der Waals surface area contributed by atoms with Gasteiger partial charge in [-0.3, -0.25) is 4.79 Å². The van der Waals surface area contributed by atoms with Crippen molar-refractivity contribution in [2.45, 2.75) is 285 Å². The Morgan fingerprint density at radius 1 is 0.538 bits per heavy atom. The van der Waals surface area contributed by atoms with E-state index in [-0.39, 0.29) is 29.6 Å². The summed E-state index contributed by atoms with van der Waals surface area (Å²) in [6, 6.07) is 0. The molecule has 30 nitrogen and oxygen atoms in total. The van der Waals surface area contributed by atoms with Crippen LogP contribution in [0.5, 0.6) is 0 Å². The molecular weight excluding hydrogens is 1240 g/mol. The minimum Gasteiger partial charge on any atom is -0.432 e. The molecule has 0 radical (unpaired) electrons. The molecule has 30 heteroatoms. The minimum atomic E-state index is -2.22. The molecule has 36 atom stereocenters. The van der Waals surface area contributed by atoms with E-state index in [1.165, 1.54) is 13.8 Å². The molecule has 93 heavy (non-hydrogen) atoms. The van der Waals surface area contributed by atoms with Gasteiger partial charge in [-0.25, -0.2) is 0 Å². The molecule has 6 aliphatic heterocycles. The number of rotatable bonds is 15. The fourth-order valence-corrected chi connectivity index (χ4v) is 18.7. The topological polar surface area (TPSA) is 472 Å². The first-order chi connectivity index (χ1) is 43.6. The number of carbonyl (C=O) groups excluding carboxylic acids is 1. The van der Waals surface area contributed by atoms with Crippen molar-refractivity contribution in [3.05, 3.63) is 11.6 Å². The molecular formula is C63H102O30. The van der Waals surface area contributed by atoms with Gasteiger partial charge in [0.2, 0.25) is 6.29 Å². The van der Waals surface area contributed by atoms with Gasteiger partial charge in [-0.15, -0.1) is 0 Å². The summed E-state index contributed by atoms with van der Waals surface area (Å²) < 4.78 is 72.2. The Morgan fingerprint density at radius 3 is 1.80 bits per heavy atom. The molecule has 0 bridgehead atoms. The van der Waals surface area contributed by atoms with E-state index in [1.807, 2.05) is 6.92 Å². The van der Waals surface area contributed by atoms with Crippen molar-refractivity contribution in [2.75, 3.05) is 39.6 Å². The summed E-state index contributed by atoms with van der Waals surface area (Å²) in [5.74, 6) is -1.29. The van der Waals surface area contributed by atoms with Crippen molar-refractivity contribution in [2.24, 2.45) is 50.2 Å². The summed E-state index contributed by atoms with van der Waals surface area (Å²) in [6.45, 7) is 12.0. The van der Waals surface area contributed by atoms with Gasteiger partial charge in [0, 0.05) is 5.41 Å². The highest BCUT2D eigenvalue weighted by Crippen LogP contribution is 2.76. The van der Waals surface area contributed by atoms with Crippen LogP contribution in [-0.2, 0) is 61.6 Å². The summed E-state index contributed by atoms with van der Waals surface area (Å²) in [7, 11) is 0. The van der Waals surface area contributed by atoms with E-state index in [0.717, 1.165) is 5.57 Å². The monoisotopic (exact) mass is 1340 g/mol. The average Bonchev–Trinajstić information content (AvgIpc) is 0.938. The lowest BCUT2D eigenvalue weighted by molar-refractivity contribution is -0.387. The minimum absolute atomic E-state index is 0.0568. The highest BCUT2D eigenvalue weighted by atomic mass is 16.8. The van der Waals surface area contributed by atoms with E-state index >= 15 is 4.79 Å². The summed E-state index contributed by atoms with van der Waals surface area (Å²) in [6.07, 6.45) is -37.0. The normalized spacial score (nSPS) is 55.6. The molecule has 11 rings (SSSR count). The molecule has 0 amide bonds. The molecule has 0 aromatic heterocycles. The van der Waals surface area contributed by atoms with Gasteiger partial charge >= 0.3 is 5.97 Å². The first-order valence-electron chi connectivity index (χ1n) is 33.0. The lowest BCUT2D eigenvalue weighted by atomic mass is 9.33. The second-order valence-corrected chi connectivity index (χ2v) is 30.7. The maximum atomic E-state index is 15.6. The Hall–Kier alpha value is -1.91. The predicted octanol–water partition coefficient (Wildman–Crippen LogP) is -4.47. The van der Waals surface area contributed by atoms with Crippen LogP contribution in [0.1, 0.15) is 113 Å². The van der Waals surface area contributed by atoms with E-state index in [2.05, 4.69) is 40.7 Å². The molecule has 0 spiro atoms. The van der Waals surface area contributed by atoms with Gasteiger partial charge < -0.3 is 144 Å². The zero-order valence-corrected chi connectivity index (χ0v) is 53.9. The third-order valence-electron chi connectivity index (χ3n) is 24.6. The van der Waals surface area contributed by atoms with E-state index in [4.69, 9.17) is 56.8 Å². The van der Waals surface area contributed by atoms with Crippen LogP contribution >= 0.6 is 0 Å². The summed E-state index contributed by atoms with van der Waals surface area (Å²) in [5.41, 5.74) is -5.13. The summed E-state index contributed by atoms with van der Waals surface area (Å²) >= 11 is 0. The van der Waals surface area contributed by atoms with Crippen LogP contribution in [0.3, 0.4) is 0 Å². The second kappa shape index (κ2) is 26.6. The largest absolute Gasteiger partial charge is 0.432 e. The van der Waals surface area contributed by atoms with Gasteiger partial charge in [0.1, 0.15) is 103 Å². The van der Waals surface area contributed by atoms with E-state index < -0.39 is 244 Å². The molecule has 11 aliphatic rings. The molecule has 10 fully saturated rings. The highest BCUT2D eigenvalue weighted by Gasteiger charge is 2.72. The van der Waals surface area contributed by atoms with Gasteiger partial charge in [0.05, 0.1) is 69.5 Å². The molecule has 534 valence electrons. The Morgan fingerprint density at radius 2 is 1.13 bits per heavy atom. The Labute approximate surface area is 539 Å². The quantitative estimate of drug-likeness (QED) is 0.0418. The van der Waals surface area contributed by atoms with Crippen molar-refractivity contribution < 1.29 is 148 Å². The molecule has 27 unspecified atom stereocenters. The van der Waals surface area contributed by atoms with Crippen LogP contribution < -0.4 is 0 Å². The summed E-state index contributed by atoms with van der Waals surface area (Å²) in [4.78, 5) is 15.6. The van der Waals surface area contributed by atoms with Crippen molar-refractivity contribution in [3.8, 4) is 0 Å². The second-order valence-electron chi connectivity index (χ2n) is 30.7. The molecule has 6 saturated heterocycles. The van der Waals surface area contributed by atoms with Crippen LogP contribution in [0.2, 0.25) is 0 Å². The highest BCUT2D eigenvalue weighted by molar-refractivity contribution is 5.79. The number of aliphatic hydroxyl groups is 17. The SMILES string of the molecule is CC1OC(OC2C(O)COC(OC3C(C)OC(OC4C(OC(=O)[C@]56CCC(C)(C)C[C@@H]5C5=CCC7[C@@]8(C)C[C@H](O)[C@H](OC9OC(CO)C(O)C(O)C9O)[C@@](C)(CO)[C@@H]8CC[C@@]7(C)[C@]5(C)CC6)OCC(O)C4O)C(O)C3OC3OCC(O)(CO)C3O)C2O)C(O)C(O)C1O. The standard InChI is InChI=1S/C63H102O30/c1-25-35(70)38(73)40(75)51(85-25)89-45-31(69)21-82-50(42(45)77)88-44-26(2)86-53(43(78)46(44)90-55-48(79)63(81,23-66)24-84-55)91-47-36(71)30(68)20-83-54(47)93-56(80)62-15-13-57(3,4)17-28(62)27-9-10-34-58(5)18-29(67)49(92-52-41(76)39(74)37(72)32(19-64)87-52)59(6,22-65)33(58)11-12-61(34,8)60(27,7)14-16-62/h9,25-26,28-55,64-79,81H,10-24H2,1-8H3/t25?,26?,28-,29+,30?,31?,32?,33-,34?,35?,36?,37?,38?,39?,40?,41?,42?,43?,44?,45?,46?,47?,48?,49+,50?,51?,52?,53?,54?,55?,58+,59+,60-,61-,62+,63?/m1/s1. The molecule has 4 saturated carbocycles. The maximum absolute atomic E-state index is 15.6. The number of allylic oxidation sites excluding steroid dienone is 2. The number of hydrogen-bond donors (Lipinski definition) is 17. The van der Waals surface area contributed by atoms with Crippen molar-refractivity contribution in [1.29, 1.82) is 0 Å². The third-order valence-corrected chi connectivity index (χ3v) is 24.6. The first-order valence-corrected chi connectivity index (χ1v) is 33.0. The molecule has 0 aromatic carbocycles. The number of carbonyl (C=O) groups is 1.